The highest BCUT2D eigenvalue weighted by molar-refractivity contribution is 6.31. The molecule has 0 bridgehead atoms. The zero-order valence-corrected chi connectivity index (χ0v) is 15.8. The van der Waals surface area contributed by atoms with E-state index in [4.69, 9.17) is 11.6 Å². The zero-order chi connectivity index (χ0) is 18.7. The van der Waals surface area contributed by atoms with Gasteiger partial charge >= 0.3 is 0 Å². The van der Waals surface area contributed by atoms with Crippen LogP contribution in [0.5, 0.6) is 0 Å². The van der Waals surface area contributed by atoms with Crippen LogP contribution < -0.4 is 10.2 Å². The average Bonchev–Trinajstić information content (AvgIpc) is 3.02. The highest BCUT2D eigenvalue weighted by Gasteiger charge is 2.35. The molecule has 1 heterocycles. The number of nitrogens with zero attached hydrogens (tertiary/aromatic N) is 1. The van der Waals surface area contributed by atoms with Crippen molar-refractivity contribution in [3.8, 4) is 0 Å². The summed E-state index contributed by atoms with van der Waals surface area (Å²) in [6.45, 7) is 5.16. The molecule has 5 heteroatoms. The molecule has 4 nitrogen and oxygen atoms in total. The van der Waals surface area contributed by atoms with E-state index < -0.39 is 0 Å². The van der Waals surface area contributed by atoms with E-state index >= 15 is 0 Å². The first kappa shape index (κ1) is 18.5. The smallest absolute Gasteiger partial charge is 0.227 e. The van der Waals surface area contributed by atoms with Crippen molar-refractivity contribution in [2.45, 2.75) is 32.7 Å². The number of hydrogen-bond donors (Lipinski definition) is 1. The van der Waals surface area contributed by atoms with Gasteiger partial charge in [-0.3, -0.25) is 9.59 Å². The number of amides is 2. The fraction of sp³-hybridized carbons (Fsp3) is 0.333. The highest BCUT2D eigenvalue weighted by Crippen LogP contribution is 2.27. The lowest BCUT2D eigenvalue weighted by Gasteiger charge is -2.17. The summed E-state index contributed by atoms with van der Waals surface area (Å²) >= 11 is 6.00. The standard InChI is InChI=1S/C21H23ClN2O2/c1-14(2)16-8-6-15(7-9-16)12-23-21(26)17-10-20(25)24(13-17)19-5-3-4-18(22)11-19/h3-9,11,14,17H,10,12-13H2,1-2H3,(H,23,26)/t17-/m1/s1. The molecular weight excluding hydrogens is 348 g/mol. The van der Waals surface area contributed by atoms with Crippen molar-refractivity contribution in [1.82, 2.24) is 5.32 Å². The van der Waals surface area contributed by atoms with E-state index in [1.807, 2.05) is 18.2 Å². The van der Waals surface area contributed by atoms with E-state index in [1.54, 1.807) is 23.1 Å². The fourth-order valence-corrected chi connectivity index (χ4v) is 3.32. The van der Waals surface area contributed by atoms with Crippen LogP contribution in [0.3, 0.4) is 0 Å². The van der Waals surface area contributed by atoms with Gasteiger partial charge in [0.1, 0.15) is 0 Å². The van der Waals surface area contributed by atoms with E-state index in [-0.39, 0.29) is 24.2 Å². The molecule has 1 fully saturated rings. The normalized spacial score (nSPS) is 17.0. The number of carbonyl (C=O) groups excluding carboxylic acids is 2. The highest BCUT2D eigenvalue weighted by atomic mass is 35.5. The zero-order valence-electron chi connectivity index (χ0n) is 15.0. The summed E-state index contributed by atoms with van der Waals surface area (Å²) in [4.78, 5) is 26.4. The molecule has 2 aromatic rings. The summed E-state index contributed by atoms with van der Waals surface area (Å²) in [5.41, 5.74) is 3.07. The van der Waals surface area contributed by atoms with Crippen LogP contribution in [-0.2, 0) is 16.1 Å². The molecule has 1 aliphatic heterocycles. The van der Waals surface area contributed by atoms with Gasteiger partial charge in [0.2, 0.25) is 11.8 Å². The van der Waals surface area contributed by atoms with Gasteiger partial charge in [0, 0.05) is 30.2 Å². The summed E-state index contributed by atoms with van der Waals surface area (Å²) in [6.07, 6.45) is 0.227. The lowest BCUT2D eigenvalue weighted by molar-refractivity contribution is -0.126. The maximum absolute atomic E-state index is 12.5. The maximum atomic E-state index is 12.5. The van der Waals surface area contributed by atoms with Crippen molar-refractivity contribution in [2.75, 3.05) is 11.4 Å². The molecule has 136 valence electrons. The first-order chi connectivity index (χ1) is 12.4. The maximum Gasteiger partial charge on any atom is 0.227 e. The average molecular weight is 371 g/mol. The van der Waals surface area contributed by atoms with E-state index in [9.17, 15) is 9.59 Å². The second-order valence-electron chi connectivity index (χ2n) is 7.00. The minimum Gasteiger partial charge on any atom is -0.352 e. The lowest BCUT2D eigenvalue weighted by Crippen LogP contribution is -2.32. The van der Waals surface area contributed by atoms with Gasteiger partial charge in [0.15, 0.2) is 0 Å². The Morgan fingerprint density at radius 2 is 1.96 bits per heavy atom. The Kier molecular flexibility index (Phi) is 5.62. The molecule has 0 aliphatic carbocycles. The van der Waals surface area contributed by atoms with E-state index in [0.29, 0.717) is 24.0 Å². The molecule has 0 unspecified atom stereocenters. The first-order valence-electron chi connectivity index (χ1n) is 8.86. The number of halogens is 1. The topological polar surface area (TPSA) is 49.4 Å². The molecule has 3 rings (SSSR count). The van der Waals surface area contributed by atoms with Crippen molar-refractivity contribution in [3.63, 3.8) is 0 Å². The van der Waals surface area contributed by atoms with Gasteiger partial charge in [0.05, 0.1) is 5.92 Å². The molecule has 0 aromatic heterocycles. The van der Waals surface area contributed by atoms with Gasteiger partial charge in [-0.15, -0.1) is 0 Å². The molecule has 2 aromatic carbocycles. The number of anilines is 1. The van der Waals surface area contributed by atoms with Crippen molar-refractivity contribution in [2.24, 2.45) is 5.92 Å². The summed E-state index contributed by atoms with van der Waals surface area (Å²) in [5, 5.41) is 3.53. The molecule has 0 spiro atoms. The second-order valence-corrected chi connectivity index (χ2v) is 7.44. The Morgan fingerprint density at radius 1 is 1.23 bits per heavy atom. The lowest BCUT2D eigenvalue weighted by atomic mass is 10.0. The summed E-state index contributed by atoms with van der Waals surface area (Å²) in [7, 11) is 0. The summed E-state index contributed by atoms with van der Waals surface area (Å²) < 4.78 is 0. The van der Waals surface area contributed by atoms with E-state index in [1.165, 1.54) is 5.56 Å². The van der Waals surface area contributed by atoms with Gasteiger partial charge in [-0.25, -0.2) is 0 Å². The third kappa shape index (κ3) is 4.25. The Hall–Kier alpha value is -2.33. The fourth-order valence-electron chi connectivity index (χ4n) is 3.13. The van der Waals surface area contributed by atoms with Crippen LogP contribution in [0.4, 0.5) is 5.69 Å². The van der Waals surface area contributed by atoms with Crippen LogP contribution in [0.1, 0.15) is 37.3 Å². The molecule has 2 amide bonds. The second kappa shape index (κ2) is 7.92. The van der Waals surface area contributed by atoms with Crippen molar-refractivity contribution in [1.29, 1.82) is 0 Å². The number of rotatable bonds is 5. The van der Waals surface area contributed by atoms with Crippen molar-refractivity contribution < 1.29 is 9.59 Å². The van der Waals surface area contributed by atoms with Crippen LogP contribution >= 0.6 is 11.6 Å². The minimum absolute atomic E-state index is 0.0475. The number of hydrogen-bond acceptors (Lipinski definition) is 2. The van der Waals surface area contributed by atoms with Crippen molar-refractivity contribution in [3.05, 3.63) is 64.7 Å². The van der Waals surface area contributed by atoms with Crippen LogP contribution in [0, 0.1) is 5.92 Å². The van der Waals surface area contributed by atoms with Crippen molar-refractivity contribution >= 4 is 29.1 Å². The Labute approximate surface area is 159 Å². The van der Waals surface area contributed by atoms with Gasteiger partial charge in [-0.1, -0.05) is 55.8 Å². The Bertz CT molecular complexity index is 802. The van der Waals surface area contributed by atoms with Gasteiger partial charge in [0.25, 0.3) is 0 Å². The van der Waals surface area contributed by atoms with Crippen LogP contribution in [-0.4, -0.2) is 18.4 Å². The number of benzene rings is 2. The monoisotopic (exact) mass is 370 g/mol. The Morgan fingerprint density at radius 3 is 2.62 bits per heavy atom. The molecule has 0 saturated carbocycles. The predicted octanol–water partition coefficient (Wildman–Crippen LogP) is 4.13. The van der Waals surface area contributed by atoms with Crippen LogP contribution in [0.25, 0.3) is 0 Å². The van der Waals surface area contributed by atoms with Crippen LogP contribution in [0.15, 0.2) is 48.5 Å². The van der Waals surface area contributed by atoms with Crippen LogP contribution in [0.2, 0.25) is 5.02 Å². The molecule has 1 atom stereocenters. The third-order valence-electron chi connectivity index (χ3n) is 4.73. The molecule has 26 heavy (non-hydrogen) atoms. The van der Waals surface area contributed by atoms with Gasteiger partial charge < -0.3 is 10.2 Å². The van der Waals surface area contributed by atoms with Gasteiger partial charge in [-0.2, -0.15) is 0 Å². The number of carbonyl (C=O) groups is 2. The van der Waals surface area contributed by atoms with E-state index in [0.717, 1.165) is 11.3 Å². The molecule has 1 aliphatic rings. The third-order valence-corrected chi connectivity index (χ3v) is 4.96. The quantitative estimate of drug-likeness (QED) is 0.860. The molecular formula is C21H23ClN2O2. The first-order valence-corrected chi connectivity index (χ1v) is 9.24. The summed E-state index contributed by atoms with van der Waals surface area (Å²) in [6, 6.07) is 15.4. The number of nitrogens with one attached hydrogen (secondary N) is 1. The predicted molar refractivity (Wildman–Crippen MR) is 104 cm³/mol. The Balaban J connectivity index is 1.58. The van der Waals surface area contributed by atoms with E-state index in [2.05, 4.69) is 31.3 Å². The van der Waals surface area contributed by atoms with Gasteiger partial charge in [-0.05, 0) is 35.2 Å². The summed E-state index contributed by atoms with van der Waals surface area (Å²) in [5.74, 6) is 0.0153. The molecule has 0 radical (unpaired) electrons. The molecule has 1 N–H and O–H groups in total. The molecule has 1 saturated heterocycles. The largest absolute Gasteiger partial charge is 0.352 e. The SMILES string of the molecule is CC(C)c1ccc(CNC(=O)[C@@H]2CC(=O)N(c3cccc(Cl)c3)C2)cc1. The minimum atomic E-state index is -0.337.